The molecule has 0 atom stereocenters. The maximum absolute atomic E-state index is 12.8. The van der Waals surface area contributed by atoms with E-state index in [1.165, 1.54) is 28.0 Å². The van der Waals surface area contributed by atoms with Gasteiger partial charge in [-0.3, -0.25) is 0 Å². The molecule has 1 N–H and O–H groups in total. The van der Waals surface area contributed by atoms with E-state index >= 15 is 0 Å². The van der Waals surface area contributed by atoms with Gasteiger partial charge >= 0.3 is 5.97 Å². The maximum Gasteiger partial charge on any atom is 0.356 e. The fourth-order valence-corrected chi connectivity index (χ4v) is 2.96. The number of nitrogens with zero attached hydrogens (tertiary/aromatic N) is 3. The molecule has 0 amide bonds. The summed E-state index contributed by atoms with van der Waals surface area (Å²) >= 11 is 1.33. The van der Waals surface area contributed by atoms with Gasteiger partial charge in [0, 0.05) is 6.42 Å². The molecule has 3 rings (SSSR count). The third-order valence-corrected chi connectivity index (χ3v) is 3.80. The van der Waals surface area contributed by atoms with E-state index in [0.717, 1.165) is 10.6 Å². The van der Waals surface area contributed by atoms with Gasteiger partial charge in [0.05, 0.1) is 5.69 Å². The Morgan fingerprint density at radius 2 is 2.10 bits per heavy atom. The van der Waals surface area contributed by atoms with Crippen LogP contribution in [0.4, 0.5) is 4.39 Å². The Bertz CT molecular complexity index is 792. The van der Waals surface area contributed by atoms with Crippen LogP contribution in [0.25, 0.3) is 4.96 Å². The minimum atomic E-state index is -1.05. The summed E-state index contributed by atoms with van der Waals surface area (Å²) in [5.41, 5.74) is 1.45. The molecule has 2 heterocycles. The summed E-state index contributed by atoms with van der Waals surface area (Å²) in [6.45, 7) is 1.64. The van der Waals surface area contributed by atoms with Gasteiger partial charge in [-0.2, -0.15) is 9.61 Å². The molecule has 0 spiro atoms. The molecule has 20 heavy (non-hydrogen) atoms. The van der Waals surface area contributed by atoms with Crippen LogP contribution in [-0.2, 0) is 6.42 Å². The third kappa shape index (κ3) is 2.16. The minimum absolute atomic E-state index is 0.0848. The lowest BCUT2D eigenvalue weighted by Gasteiger charge is -1.97. The van der Waals surface area contributed by atoms with Crippen molar-refractivity contribution in [2.75, 3.05) is 0 Å². The lowest BCUT2D eigenvalue weighted by Crippen LogP contribution is -2.04. The molecule has 7 heteroatoms. The fourth-order valence-electron chi connectivity index (χ4n) is 1.98. The highest BCUT2D eigenvalue weighted by atomic mass is 32.1. The van der Waals surface area contributed by atoms with E-state index in [4.69, 9.17) is 5.11 Å². The molecule has 1 aromatic carbocycles. The molecule has 102 valence electrons. The number of aromatic carboxylic acids is 1. The molecule has 5 nitrogen and oxygen atoms in total. The van der Waals surface area contributed by atoms with E-state index in [-0.39, 0.29) is 11.5 Å². The number of carboxylic acid groups (broad SMARTS) is 1. The van der Waals surface area contributed by atoms with Crippen molar-refractivity contribution in [3.63, 3.8) is 0 Å². The Kier molecular flexibility index (Phi) is 2.98. The van der Waals surface area contributed by atoms with Gasteiger partial charge in [0.2, 0.25) is 4.96 Å². The number of fused-ring (bicyclic) bond motifs is 1. The van der Waals surface area contributed by atoms with Gasteiger partial charge in [-0.1, -0.05) is 23.5 Å². The van der Waals surface area contributed by atoms with Crippen molar-refractivity contribution in [1.82, 2.24) is 14.6 Å². The number of aromatic nitrogens is 3. The number of benzene rings is 1. The Labute approximate surface area is 117 Å². The Balaban J connectivity index is 1.97. The first-order chi connectivity index (χ1) is 9.54. The molecule has 0 aliphatic carbocycles. The van der Waals surface area contributed by atoms with E-state index in [9.17, 15) is 9.18 Å². The standard InChI is InChI=1S/C13H10FN3O2S/c1-7-11(12(18)19)17-13(15-7)20-10(16-17)6-8-2-4-9(14)5-3-8/h2-5H,6H2,1H3,(H,18,19). The molecule has 2 aromatic heterocycles. The number of carboxylic acids is 1. The van der Waals surface area contributed by atoms with Crippen molar-refractivity contribution in [2.45, 2.75) is 13.3 Å². The van der Waals surface area contributed by atoms with Crippen LogP contribution in [0.3, 0.4) is 0 Å². The van der Waals surface area contributed by atoms with Crippen LogP contribution in [0.5, 0.6) is 0 Å². The van der Waals surface area contributed by atoms with Crippen LogP contribution >= 0.6 is 11.3 Å². The van der Waals surface area contributed by atoms with Crippen LogP contribution in [0.1, 0.15) is 26.8 Å². The van der Waals surface area contributed by atoms with Crippen LogP contribution in [0.2, 0.25) is 0 Å². The topological polar surface area (TPSA) is 67.5 Å². The SMILES string of the molecule is Cc1nc2sc(Cc3ccc(F)cc3)nn2c1C(=O)O. The van der Waals surface area contributed by atoms with Crippen LogP contribution in [-0.4, -0.2) is 25.7 Å². The first-order valence-electron chi connectivity index (χ1n) is 5.87. The smallest absolute Gasteiger partial charge is 0.356 e. The Morgan fingerprint density at radius 3 is 2.75 bits per heavy atom. The second kappa shape index (κ2) is 4.68. The molecule has 0 aliphatic heterocycles. The molecule has 0 unspecified atom stereocenters. The van der Waals surface area contributed by atoms with Crippen molar-refractivity contribution in [3.05, 3.63) is 52.0 Å². The summed E-state index contributed by atoms with van der Waals surface area (Å²) in [4.78, 5) is 15.9. The second-order valence-electron chi connectivity index (χ2n) is 4.34. The number of hydrogen-bond donors (Lipinski definition) is 1. The first-order valence-corrected chi connectivity index (χ1v) is 6.69. The van der Waals surface area contributed by atoms with E-state index in [1.807, 2.05) is 0 Å². The molecule has 0 bridgehead atoms. The lowest BCUT2D eigenvalue weighted by molar-refractivity contribution is 0.0687. The molecule has 3 aromatic rings. The predicted octanol–water partition coefficient (Wildman–Crippen LogP) is 2.53. The normalized spacial score (nSPS) is 11.1. The average molecular weight is 291 g/mol. The van der Waals surface area contributed by atoms with Crippen LogP contribution < -0.4 is 0 Å². The molecule has 0 saturated carbocycles. The van der Waals surface area contributed by atoms with Crippen LogP contribution in [0, 0.1) is 12.7 Å². The van der Waals surface area contributed by atoms with Crippen LogP contribution in [0.15, 0.2) is 24.3 Å². The van der Waals surface area contributed by atoms with Gasteiger partial charge in [0.25, 0.3) is 0 Å². The summed E-state index contributed by atoms with van der Waals surface area (Å²) in [6, 6.07) is 6.15. The molecule has 0 radical (unpaired) electrons. The van der Waals surface area contributed by atoms with Gasteiger partial charge < -0.3 is 5.11 Å². The number of carbonyl (C=O) groups is 1. The van der Waals surface area contributed by atoms with Gasteiger partial charge in [-0.05, 0) is 24.6 Å². The highest BCUT2D eigenvalue weighted by Gasteiger charge is 2.19. The maximum atomic E-state index is 12.8. The first kappa shape index (κ1) is 12.7. The van der Waals surface area contributed by atoms with Crippen molar-refractivity contribution in [2.24, 2.45) is 0 Å². The minimum Gasteiger partial charge on any atom is -0.476 e. The number of hydrogen-bond acceptors (Lipinski definition) is 4. The summed E-state index contributed by atoms with van der Waals surface area (Å²) < 4.78 is 14.2. The van der Waals surface area contributed by atoms with E-state index < -0.39 is 5.97 Å². The monoisotopic (exact) mass is 291 g/mol. The lowest BCUT2D eigenvalue weighted by atomic mass is 10.2. The fraction of sp³-hybridized carbons (Fsp3) is 0.154. The summed E-state index contributed by atoms with van der Waals surface area (Å²) in [6.07, 6.45) is 0.520. The predicted molar refractivity (Wildman–Crippen MR) is 71.8 cm³/mol. The molecular weight excluding hydrogens is 281 g/mol. The molecule has 0 fully saturated rings. The van der Waals surface area contributed by atoms with Gasteiger partial charge in [0.1, 0.15) is 10.8 Å². The van der Waals surface area contributed by atoms with Crippen molar-refractivity contribution in [1.29, 1.82) is 0 Å². The third-order valence-electron chi connectivity index (χ3n) is 2.89. The summed E-state index contributed by atoms with van der Waals surface area (Å²) in [5, 5.41) is 14.2. The molecular formula is C13H10FN3O2S. The average Bonchev–Trinajstić information content (AvgIpc) is 2.87. The van der Waals surface area contributed by atoms with Gasteiger partial charge in [-0.25, -0.2) is 14.2 Å². The van der Waals surface area contributed by atoms with Gasteiger partial charge in [-0.15, -0.1) is 0 Å². The number of imidazole rings is 1. The van der Waals surface area contributed by atoms with E-state index in [0.29, 0.717) is 17.1 Å². The summed E-state index contributed by atoms with van der Waals surface area (Å²) in [5.74, 6) is -1.33. The number of rotatable bonds is 3. The zero-order chi connectivity index (χ0) is 14.3. The Hall–Kier alpha value is -2.28. The van der Waals surface area contributed by atoms with E-state index in [2.05, 4.69) is 10.1 Å². The van der Waals surface area contributed by atoms with Crippen molar-refractivity contribution < 1.29 is 14.3 Å². The Morgan fingerprint density at radius 1 is 1.40 bits per heavy atom. The zero-order valence-corrected chi connectivity index (χ0v) is 11.3. The molecule has 0 saturated heterocycles. The quantitative estimate of drug-likeness (QED) is 0.805. The summed E-state index contributed by atoms with van der Waals surface area (Å²) in [7, 11) is 0. The molecule has 0 aliphatic rings. The van der Waals surface area contributed by atoms with Crippen molar-refractivity contribution >= 4 is 22.3 Å². The van der Waals surface area contributed by atoms with Gasteiger partial charge in [0.15, 0.2) is 5.69 Å². The number of halogens is 1. The highest BCUT2D eigenvalue weighted by molar-refractivity contribution is 7.16. The second-order valence-corrected chi connectivity index (χ2v) is 5.38. The van der Waals surface area contributed by atoms with Crippen molar-refractivity contribution in [3.8, 4) is 0 Å². The highest BCUT2D eigenvalue weighted by Crippen LogP contribution is 2.21. The zero-order valence-electron chi connectivity index (χ0n) is 10.5. The van der Waals surface area contributed by atoms with E-state index in [1.54, 1.807) is 19.1 Å². The largest absolute Gasteiger partial charge is 0.476 e. The number of aryl methyl sites for hydroxylation is 1.